The number of guanidine groups is 1. The zero-order valence-corrected chi connectivity index (χ0v) is 15.9. The fourth-order valence-corrected chi connectivity index (χ4v) is 2.50. The molecule has 120 valence electrons. The molecular weight excluding hydrogens is 433 g/mol. The molecular formula is C15H19ClIN3OS. The van der Waals surface area contributed by atoms with Crippen LogP contribution in [0.1, 0.15) is 4.88 Å². The van der Waals surface area contributed by atoms with E-state index in [1.807, 2.05) is 18.2 Å². The van der Waals surface area contributed by atoms with Gasteiger partial charge in [0.05, 0.1) is 6.54 Å². The normalized spacial score (nSPS) is 10.9. The van der Waals surface area contributed by atoms with Crippen molar-refractivity contribution in [2.24, 2.45) is 10.7 Å². The van der Waals surface area contributed by atoms with Crippen LogP contribution in [0.2, 0.25) is 5.02 Å². The molecule has 0 amide bonds. The molecule has 0 aliphatic rings. The quantitative estimate of drug-likeness (QED) is 0.293. The van der Waals surface area contributed by atoms with Gasteiger partial charge < -0.3 is 15.8 Å². The van der Waals surface area contributed by atoms with E-state index in [-0.39, 0.29) is 24.0 Å². The van der Waals surface area contributed by atoms with E-state index in [2.05, 4.69) is 21.8 Å². The fourth-order valence-electron chi connectivity index (χ4n) is 1.68. The average molecular weight is 452 g/mol. The van der Waals surface area contributed by atoms with Crippen LogP contribution >= 0.6 is 46.9 Å². The molecule has 0 aliphatic carbocycles. The molecule has 0 spiro atoms. The summed E-state index contributed by atoms with van der Waals surface area (Å²) >= 11 is 7.54. The van der Waals surface area contributed by atoms with E-state index < -0.39 is 0 Å². The lowest BCUT2D eigenvalue weighted by molar-refractivity contribution is 0.322. The lowest BCUT2D eigenvalue weighted by atomic mass is 10.3. The summed E-state index contributed by atoms with van der Waals surface area (Å²) in [5, 5.41) is 5.79. The second-order valence-corrected chi connectivity index (χ2v) is 5.79. The molecule has 0 unspecified atom stereocenters. The Hall–Kier alpha value is -0.990. The maximum absolute atomic E-state index is 5.80. The van der Waals surface area contributed by atoms with Gasteiger partial charge in [-0.15, -0.1) is 35.3 Å². The summed E-state index contributed by atoms with van der Waals surface area (Å²) in [6.45, 7) is 1.82. The highest BCUT2D eigenvalue weighted by Gasteiger charge is 1.96. The third kappa shape index (κ3) is 7.33. The van der Waals surface area contributed by atoms with Crippen LogP contribution in [0.5, 0.6) is 5.75 Å². The van der Waals surface area contributed by atoms with Crippen LogP contribution in [0.3, 0.4) is 0 Å². The predicted molar refractivity (Wildman–Crippen MR) is 105 cm³/mol. The Morgan fingerprint density at radius 3 is 2.73 bits per heavy atom. The van der Waals surface area contributed by atoms with Gasteiger partial charge in [-0.05, 0) is 35.7 Å². The lowest BCUT2D eigenvalue weighted by Gasteiger charge is -2.08. The molecule has 1 aromatic heterocycles. The predicted octanol–water partition coefficient (Wildman–Crippen LogP) is 3.55. The zero-order chi connectivity index (χ0) is 14.9. The highest BCUT2D eigenvalue weighted by atomic mass is 127. The summed E-state index contributed by atoms with van der Waals surface area (Å²) in [6, 6.07) is 11.4. The van der Waals surface area contributed by atoms with Gasteiger partial charge >= 0.3 is 0 Å². The molecule has 7 heteroatoms. The van der Waals surface area contributed by atoms with Gasteiger partial charge in [0.25, 0.3) is 0 Å². The van der Waals surface area contributed by atoms with Crippen LogP contribution in [0.15, 0.2) is 46.8 Å². The number of thiophene rings is 1. The second kappa shape index (κ2) is 10.7. The molecule has 0 aliphatic heterocycles. The molecule has 1 heterocycles. The minimum absolute atomic E-state index is 0. The summed E-state index contributed by atoms with van der Waals surface area (Å²) in [4.78, 5) is 5.59. The SMILES string of the molecule is I.NC(=NCCc1cccs1)NCCOc1ccc(Cl)cc1. The van der Waals surface area contributed by atoms with Crippen molar-refractivity contribution in [3.05, 3.63) is 51.7 Å². The van der Waals surface area contributed by atoms with Crippen LogP contribution in [-0.2, 0) is 6.42 Å². The molecule has 0 atom stereocenters. The standard InChI is InChI=1S/C15H18ClN3OS.HI/c16-12-3-5-13(6-4-12)20-10-9-19-15(17)18-8-7-14-2-1-11-21-14;/h1-6,11H,7-10H2,(H3,17,18,19);1H. The van der Waals surface area contributed by atoms with Gasteiger partial charge in [-0.1, -0.05) is 17.7 Å². The molecule has 3 N–H and O–H groups in total. The Balaban J connectivity index is 0.00000242. The molecule has 0 bridgehead atoms. The molecule has 2 rings (SSSR count). The van der Waals surface area contributed by atoms with Crippen molar-refractivity contribution in [3.63, 3.8) is 0 Å². The van der Waals surface area contributed by atoms with Gasteiger partial charge in [-0.25, -0.2) is 0 Å². The van der Waals surface area contributed by atoms with E-state index in [0.29, 0.717) is 30.7 Å². The number of rotatable bonds is 7. The summed E-state index contributed by atoms with van der Waals surface area (Å²) in [5.41, 5.74) is 5.78. The summed E-state index contributed by atoms with van der Waals surface area (Å²) in [6.07, 6.45) is 0.918. The van der Waals surface area contributed by atoms with E-state index in [0.717, 1.165) is 12.2 Å². The highest BCUT2D eigenvalue weighted by Crippen LogP contribution is 2.15. The van der Waals surface area contributed by atoms with Gasteiger partial charge in [-0.3, -0.25) is 4.99 Å². The maximum Gasteiger partial charge on any atom is 0.188 e. The van der Waals surface area contributed by atoms with E-state index in [1.54, 1.807) is 23.5 Å². The fraction of sp³-hybridized carbons (Fsp3) is 0.267. The monoisotopic (exact) mass is 451 g/mol. The number of ether oxygens (including phenoxy) is 1. The molecule has 4 nitrogen and oxygen atoms in total. The third-order valence-corrected chi connectivity index (χ3v) is 3.90. The molecule has 1 aromatic carbocycles. The smallest absolute Gasteiger partial charge is 0.188 e. The van der Waals surface area contributed by atoms with Gasteiger partial charge in [0.1, 0.15) is 12.4 Å². The number of halogens is 2. The van der Waals surface area contributed by atoms with Gasteiger partial charge in [0.15, 0.2) is 5.96 Å². The lowest BCUT2D eigenvalue weighted by Crippen LogP contribution is -2.34. The largest absolute Gasteiger partial charge is 0.492 e. The molecule has 0 radical (unpaired) electrons. The van der Waals surface area contributed by atoms with Crippen LogP contribution in [0.25, 0.3) is 0 Å². The minimum atomic E-state index is 0. The number of hydrogen-bond acceptors (Lipinski definition) is 3. The first-order valence-electron chi connectivity index (χ1n) is 6.68. The van der Waals surface area contributed by atoms with Gasteiger partial charge in [0, 0.05) is 22.9 Å². The van der Waals surface area contributed by atoms with Crippen molar-refractivity contribution in [2.75, 3.05) is 19.7 Å². The second-order valence-electron chi connectivity index (χ2n) is 4.33. The zero-order valence-electron chi connectivity index (χ0n) is 12.0. The van der Waals surface area contributed by atoms with E-state index in [1.165, 1.54) is 4.88 Å². The van der Waals surface area contributed by atoms with Crippen molar-refractivity contribution in [2.45, 2.75) is 6.42 Å². The van der Waals surface area contributed by atoms with Crippen molar-refractivity contribution < 1.29 is 4.74 Å². The number of aliphatic imine (C=N–C) groups is 1. The Labute approximate surface area is 156 Å². The minimum Gasteiger partial charge on any atom is -0.492 e. The Morgan fingerprint density at radius 1 is 1.27 bits per heavy atom. The number of benzene rings is 1. The van der Waals surface area contributed by atoms with Gasteiger partial charge in [0.2, 0.25) is 0 Å². The van der Waals surface area contributed by atoms with Crippen LogP contribution in [0, 0.1) is 0 Å². The first kappa shape index (κ1) is 19.1. The Bertz CT molecular complexity index is 561. The number of nitrogens with two attached hydrogens (primary N) is 1. The van der Waals surface area contributed by atoms with E-state index in [9.17, 15) is 0 Å². The summed E-state index contributed by atoms with van der Waals surface area (Å²) < 4.78 is 5.54. The number of nitrogens with one attached hydrogen (secondary N) is 1. The van der Waals surface area contributed by atoms with Crippen LogP contribution in [-0.4, -0.2) is 25.7 Å². The maximum atomic E-state index is 5.80. The first-order valence-corrected chi connectivity index (χ1v) is 7.94. The van der Waals surface area contributed by atoms with Crippen LogP contribution in [0.4, 0.5) is 0 Å². The molecule has 0 fully saturated rings. The van der Waals surface area contributed by atoms with Crippen molar-refractivity contribution in [1.82, 2.24) is 5.32 Å². The topological polar surface area (TPSA) is 59.6 Å². The highest BCUT2D eigenvalue weighted by molar-refractivity contribution is 14.0. The molecule has 0 saturated carbocycles. The number of nitrogens with zero attached hydrogens (tertiary/aromatic N) is 1. The third-order valence-electron chi connectivity index (χ3n) is 2.71. The van der Waals surface area contributed by atoms with Crippen LogP contribution < -0.4 is 15.8 Å². The summed E-state index contributed by atoms with van der Waals surface area (Å²) in [5.74, 6) is 1.24. The first-order chi connectivity index (χ1) is 10.2. The number of hydrogen-bond donors (Lipinski definition) is 2. The molecule has 2 aromatic rings. The van der Waals surface area contributed by atoms with Crippen molar-refractivity contribution in [3.8, 4) is 5.75 Å². The van der Waals surface area contributed by atoms with Crippen molar-refractivity contribution >= 4 is 52.9 Å². The Morgan fingerprint density at radius 2 is 2.05 bits per heavy atom. The summed E-state index contributed by atoms with van der Waals surface area (Å²) in [7, 11) is 0. The Kier molecular flexibility index (Phi) is 9.26. The van der Waals surface area contributed by atoms with Gasteiger partial charge in [-0.2, -0.15) is 0 Å². The van der Waals surface area contributed by atoms with E-state index in [4.69, 9.17) is 22.1 Å². The molecule has 0 saturated heterocycles. The van der Waals surface area contributed by atoms with Crippen molar-refractivity contribution in [1.29, 1.82) is 0 Å². The van der Waals surface area contributed by atoms with E-state index >= 15 is 0 Å². The molecule has 22 heavy (non-hydrogen) atoms. The average Bonchev–Trinajstić information content (AvgIpc) is 2.99.